The SMILES string of the molecule is CCC[C@H](NC(=O)[C@@H](NC(C)=O)C(c1ccccc1)c1ccccc1)C(=O)N[C@@H](CC1CCCCC1)C(=O)O. The van der Waals surface area contributed by atoms with Crippen molar-refractivity contribution in [1.82, 2.24) is 16.0 Å². The molecule has 3 amide bonds. The van der Waals surface area contributed by atoms with Crippen LogP contribution in [0.5, 0.6) is 0 Å². The number of carboxylic acids is 1. The minimum atomic E-state index is -1.07. The molecule has 0 radical (unpaired) electrons. The molecule has 0 spiro atoms. The number of carbonyl (C=O) groups is 4. The summed E-state index contributed by atoms with van der Waals surface area (Å²) in [6.45, 7) is 3.25. The monoisotopic (exact) mass is 535 g/mol. The smallest absolute Gasteiger partial charge is 0.326 e. The molecule has 210 valence electrons. The average Bonchev–Trinajstić information content (AvgIpc) is 2.93. The molecule has 1 fully saturated rings. The van der Waals surface area contributed by atoms with E-state index >= 15 is 0 Å². The second-order valence-electron chi connectivity index (χ2n) is 10.5. The standard InChI is InChI=1S/C31H41N3O5/c1-3-13-25(29(36)34-26(31(38)39)20-22-14-7-4-8-15-22)33-30(37)28(32-21(2)35)27(23-16-9-5-10-17-23)24-18-11-6-12-19-24/h5-6,9-12,16-19,22,25-28H,3-4,7-8,13-15,20H2,1-2H3,(H,32,35)(H,33,37)(H,34,36)(H,38,39)/t25-,26-,28-/m0/s1. The lowest BCUT2D eigenvalue weighted by Gasteiger charge is -2.30. The highest BCUT2D eigenvalue weighted by Gasteiger charge is 2.35. The van der Waals surface area contributed by atoms with Gasteiger partial charge in [0.05, 0.1) is 0 Å². The summed E-state index contributed by atoms with van der Waals surface area (Å²) in [6.07, 6.45) is 6.56. The number of nitrogens with one attached hydrogen (secondary N) is 3. The number of hydrogen-bond donors (Lipinski definition) is 4. The van der Waals surface area contributed by atoms with Gasteiger partial charge in [-0.25, -0.2) is 4.79 Å². The molecule has 0 bridgehead atoms. The first-order valence-electron chi connectivity index (χ1n) is 14.0. The summed E-state index contributed by atoms with van der Waals surface area (Å²) >= 11 is 0. The van der Waals surface area contributed by atoms with Gasteiger partial charge < -0.3 is 21.1 Å². The minimum Gasteiger partial charge on any atom is -0.480 e. The van der Waals surface area contributed by atoms with Crippen LogP contribution in [0.4, 0.5) is 0 Å². The molecule has 3 atom stereocenters. The Morgan fingerprint density at radius 1 is 0.795 bits per heavy atom. The van der Waals surface area contributed by atoms with Gasteiger partial charge in [-0.1, -0.05) is 106 Å². The highest BCUT2D eigenvalue weighted by Crippen LogP contribution is 2.29. The van der Waals surface area contributed by atoms with Gasteiger partial charge in [0.15, 0.2) is 0 Å². The van der Waals surface area contributed by atoms with Crippen LogP contribution in [-0.4, -0.2) is 46.9 Å². The first-order valence-corrected chi connectivity index (χ1v) is 14.0. The van der Waals surface area contributed by atoms with Crippen molar-refractivity contribution in [2.45, 2.75) is 89.3 Å². The molecule has 8 heteroatoms. The summed E-state index contributed by atoms with van der Waals surface area (Å²) in [6, 6.07) is 15.9. The molecular weight excluding hydrogens is 494 g/mol. The van der Waals surface area contributed by atoms with Crippen LogP contribution in [0, 0.1) is 5.92 Å². The van der Waals surface area contributed by atoms with Crippen molar-refractivity contribution in [3.8, 4) is 0 Å². The summed E-state index contributed by atoms with van der Waals surface area (Å²) in [5, 5.41) is 18.1. The van der Waals surface area contributed by atoms with Crippen LogP contribution in [0.2, 0.25) is 0 Å². The largest absolute Gasteiger partial charge is 0.480 e. The van der Waals surface area contributed by atoms with E-state index in [-0.39, 0.29) is 11.8 Å². The van der Waals surface area contributed by atoms with Gasteiger partial charge in [0.1, 0.15) is 18.1 Å². The van der Waals surface area contributed by atoms with Gasteiger partial charge in [-0.2, -0.15) is 0 Å². The lowest BCUT2D eigenvalue weighted by molar-refractivity contribution is -0.143. The van der Waals surface area contributed by atoms with E-state index in [1.807, 2.05) is 67.6 Å². The molecule has 1 aliphatic carbocycles. The van der Waals surface area contributed by atoms with Crippen LogP contribution < -0.4 is 16.0 Å². The maximum atomic E-state index is 13.8. The third-order valence-corrected chi connectivity index (χ3v) is 7.41. The van der Waals surface area contributed by atoms with E-state index in [1.165, 1.54) is 6.92 Å². The van der Waals surface area contributed by atoms with Gasteiger partial charge in [0.25, 0.3) is 0 Å². The number of rotatable bonds is 13. The molecule has 0 aliphatic heterocycles. The van der Waals surface area contributed by atoms with Crippen molar-refractivity contribution < 1.29 is 24.3 Å². The zero-order valence-electron chi connectivity index (χ0n) is 22.9. The summed E-state index contributed by atoms with van der Waals surface area (Å²) in [5.41, 5.74) is 1.68. The highest BCUT2D eigenvalue weighted by atomic mass is 16.4. The van der Waals surface area contributed by atoms with E-state index in [9.17, 15) is 24.3 Å². The quantitative estimate of drug-likeness (QED) is 0.307. The molecule has 8 nitrogen and oxygen atoms in total. The van der Waals surface area contributed by atoms with Gasteiger partial charge in [-0.3, -0.25) is 14.4 Å². The molecule has 3 rings (SSSR count). The topological polar surface area (TPSA) is 125 Å². The molecule has 0 unspecified atom stereocenters. The Labute approximate surface area is 231 Å². The van der Waals surface area contributed by atoms with Crippen LogP contribution in [0.1, 0.15) is 82.3 Å². The fraction of sp³-hybridized carbons (Fsp3) is 0.484. The first kappa shape index (κ1) is 29.9. The third kappa shape index (κ3) is 8.94. The Morgan fingerprint density at radius 2 is 1.33 bits per heavy atom. The van der Waals surface area contributed by atoms with Crippen molar-refractivity contribution >= 4 is 23.7 Å². The number of carboxylic acid groups (broad SMARTS) is 1. The third-order valence-electron chi connectivity index (χ3n) is 7.41. The van der Waals surface area contributed by atoms with E-state index in [1.54, 1.807) is 0 Å². The van der Waals surface area contributed by atoms with Gasteiger partial charge in [0, 0.05) is 12.8 Å². The number of aliphatic carboxylic acids is 1. The number of benzene rings is 2. The second-order valence-corrected chi connectivity index (χ2v) is 10.5. The Balaban J connectivity index is 1.83. The number of hydrogen-bond acceptors (Lipinski definition) is 4. The predicted octanol–water partition coefficient (Wildman–Crippen LogP) is 4.15. The van der Waals surface area contributed by atoms with E-state index in [2.05, 4.69) is 16.0 Å². The van der Waals surface area contributed by atoms with Gasteiger partial charge in [0.2, 0.25) is 17.7 Å². The molecule has 0 aromatic heterocycles. The maximum absolute atomic E-state index is 13.8. The fourth-order valence-electron chi connectivity index (χ4n) is 5.49. The summed E-state index contributed by atoms with van der Waals surface area (Å²) < 4.78 is 0. The van der Waals surface area contributed by atoms with Crippen LogP contribution in [0.25, 0.3) is 0 Å². The summed E-state index contributed by atoms with van der Waals surface area (Å²) in [5.74, 6) is -2.70. The second kappa shape index (κ2) is 15.0. The van der Waals surface area contributed by atoms with Crippen LogP contribution in [0.15, 0.2) is 60.7 Å². The lowest BCUT2D eigenvalue weighted by Crippen LogP contribution is -2.57. The molecule has 0 heterocycles. The Kier molecular flexibility index (Phi) is 11.5. The highest BCUT2D eigenvalue weighted by molar-refractivity contribution is 5.94. The molecule has 2 aromatic carbocycles. The van der Waals surface area contributed by atoms with E-state index < -0.39 is 41.8 Å². The van der Waals surface area contributed by atoms with E-state index in [4.69, 9.17) is 0 Å². The molecule has 4 N–H and O–H groups in total. The zero-order chi connectivity index (χ0) is 28.2. The van der Waals surface area contributed by atoms with Crippen LogP contribution in [-0.2, 0) is 19.2 Å². The molecule has 1 aliphatic rings. The molecule has 2 aromatic rings. The lowest BCUT2D eigenvalue weighted by atomic mass is 9.84. The maximum Gasteiger partial charge on any atom is 0.326 e. The molecule has 39 heavy (non-hydrogen) atoms. The molecule has 1 saturated carbocycles. The number of amides is 3. The predicted molar refractivity (Wildman–Crippen MR) is 150 cm³/mol. The number of carbonyl (C=O) groups excluding carboxylic acids is 3. The first-order chi connectivity index (χ1) is 18.8. The van der Waals surface area contributed by atoms with Crippen molar-refractivity contribution in [2.24, 2.45) is 5.92 Å². The van der Waals surface area contributed by atoms with Gasteiger partial charge in [-0.05, 0) is 29.9 Å². The normalized spacial score (nSPS) is 16.1. The van der Waals surface area contributed by atoms with Crippen molar-refractivity contribution in [3.63, 3.8) is 0 Å². The van der Waals surface area contributed by atoms with Gasteiger partial charge >= 0.3 is 5.97 Å². The minimum absolute atomic E-state index is 0.265. The van der Waals surface area contributed by atoms with E-state index in [0.29, 0.717) is 19.3 Å². The molecular formula is C31H41N3O5. The Bertz CT molecular complexity index is 1050. The summed E-state index contributed by atoms with van der Waals surface area (Å²) in [7, 11) is 0. The average molecular weight is 536 g/mol. The Morgan fingerprint density at radius 3 is 1.82 bits per heavy atom. The van der Waals surface area contributed by atoms with Crippen molar-refractivity contribution in [2.75, 3.05) is 0 Å². The van der Waals surface area contributed by atoms with Crippen LogP contribution >= 0.6 is 0 Å². The van der Waals surface area contributed by atoms with E-state index in [0.717, 1.165) is 43.2 Å². The molecule has 0 saturated heterocycles. The van der Waals surface area contributed by atoms with Crippen LogP contribution in [0.3, 0.4) is 0 Å². The Hall–Kier alpha value is -3.68. The fourth-order valence-corrected chi connectivity index (χ4v) is 5.49. The van der Waals surface area contributed by atoms with Crippen molar-refractivity contribution in [1.29, 1.82) is 0 Å². The zero-order valence-corrected chi connectivity index (χ0v) is 22.9. The van der Waals surface area contributed by atoms with Crippen molar-refractivity contribution in [3.05, 3.63) is 71.8 Å². The summed E-state index contributed by atoms with van der Waals surface area (Å²) in [4.78, 5) is 51.3. The van der Waals surface area contributed by atoms with Gasteiger partial charge in [-0.15, -0.1) is 0 Å².